The quantitative estimate of drug-likeness (QED) is 0.575. The van der Waals surface area contributed by atoms with Crippen LogP contribution in [0.2, 0.25) is 0 Å². The number of carbonyl (C=O) groups is 1. The molecule has 0 atom stereocenters. The average Bonchev–Trinajstić information content (AvgIpc) is 2.04. The Labute approximate surface area is 67.9 Å². The van der Waals surface area contributed by atoms with Crippen molar-refractivity contribution in [1.82, 2.24) is 4.98 Å². The first-order valence-corrected chi connectivity index (χ1v) is 3.08. The monoisotopic (exact) mass is 163 g/mol. The van der Waals surface area contributed by atoms with Crippen LogP contribution in [0.4, 0.5) is 0 Å². The molecule has 0 saturated heterocycles. The van der Waals surface area contributed by atoms with Crippen molar-refractivity contribution in [2.75, 3.05) is 0 Å². The fourth-order valence-electron chi connectivity index (χ4n) is 0.712. The van der Waals surface area contributed by atoms with Crippen molar-refractivity contribution in [3.63, 3.8) is 0 Å². The minimum absolute atomic E-state index is 0.125. The van der Waals surface area contributed by atoms with Crippen LogP contribution in [-0.4, -0.2) is 16.1 Å². The molecule has 1 rings (SSSR count). The molecule has 0 saturated carbocycles. The minimum Gasteiger partial charge on any atom is -0.477 e. The largest absolute Gasteiger partial charge is 0.477 e. The molecule has 0 unspecified atom stereocenters. The van der Waals surface area contributed by atoms with Gasteiger partial charge < -0.3 is 10.1 Å². The van der Waals surface area contributed by atoms with Gasteiger partial charge in [-0.15, -0.1) is 6.42 Å². The number of aromatic carboxylic acids is 1. The summed E-state index contributed by atoms with van der Waals surface area (Å²) in [6.07, 6.45) is 4.96. The molecule has 0 bridgehead atoms. The highest BCUT2D eigenvalue weighted by molar-refractivity contribution is 5.85. The van der Waals surface area contributed by atoms with E-state index in [2.05, 4.69) is 10.9 Å². The Morgan fingerprint density at radius 3 is 2.67 bits per heavy atom. The maximum absolute atomic E-state index is 10.9. The maximum atomic E-state index is 10.9. The summed E-state index contributed by atoms with van der Waals surface area (Å²) < 4.78 is 0. The summed E-state index contributed by atoms with van der Waals surface area (Å²) >= 11 is 0. The Morgan fingerprint density at radius 2 is 2.25 bits per heavy atom. The molecule has 0 radical (unpaired) electrons. The van der Waals surface area contributed by atoms with E-state index in [1.165, 1.54) is 12.1 Å². The molecular weight excluding hydrogens is 158 g/mol. The molecule has 60 valence electrons. The van der Waals surface area contributed by atoms with Gasteiger partial charge in [0.15, 0.2) is 0 Å². The lowest BCUT2D eigenvalue weighted by atomic mass is 10.2. The highest BCUT2D eigenvalue weighted by Gasteiger charge is 2.03. The van der Waals surface area contributed by atoms with Gasteiger partial charge >= 0.3 is 5.97 Å². The van der Waals surface area contributed by atoms with Crippen LogP contribution in [0.1, 0.15) is 16.1 Å². The van der Waals surface area contributed by atoms with Gasteiger partial charge in [0, 0.05) is 0 Å². The first-order chi connectivity index (χ1) is 5.65. The van der Waals surface area contributed by atoms with Crippen molar-refractivity contribution in [3.8, 4) is 12.3 Å². The number of carboxylic acid groups (broad SMARTS) is 1. The van der Waals surface area contributed by atoms with Crippen molar-refractivity contribution >= 4 is 5.97 Å². The van der Waals surface area contributed by atoms with E-state index in [0.29, 0.717) is 0 Å². The van der Waals surface area contributed by atoms with Gasteiger partial charge in [-0.05, 0) is 12.1 Å². The molecule has 0 fully saturated rings. The molecule has 0 aromatic carbocycles. The Bertz CT molecular complexity index is 411. The highest BCUT2D eigenvalue weighted by atomic mass is 16.4. The summed E-state index contributed by atoms with van der Waals surface area (Å²) in [5.41, 5.74) is -0.601. The minimum atomic E-state index is -1.18. The summed E-state index contributed by atoms with van der Waals surface area (Å²) in [5, 5.41) is 8.45. The number of H-pyrrole nitrogens is 1. The first-order valence-electron chi connectivity index (χ1n) is 3.08. The van der Waals surface area contributed by atoms with Crippen LogP contribution in [-0.2, 0) is 0 Å². The fourth-order valence-corrected chi connectivity index (χ4v) is 0.712. The van der Waals surface area contributed by atoms with E-state index in [1.54, 1.807) is 0 Å². The molecule has 0 aliphatic rings. The van der Waals surface area contributed by atoms with E-state index in [4.69, 9.17) is 11.5 Å². The molecule has 2 N–H and O–H groups in total. The Morgan fingerprint density at radius 1 is 1.58 bits per heavy atom. The lowest BCUT2D eigenvalue weighted by molar-refractivity contribution is 0.0690. The van der Waals surface area contributed by atoms with Crippen molar-refractivity contribution in [3.05, 3.63) is 33.7 Å². The Balaban J connectivity index is 3.31. The van der Waals surface area contributed by atoms with Gasteiger partial charge in [-0.2, -0.15) is 0 Å². The molecule has 4 heteroatoms. The number of aromatic nitrogens is 1. The van der Waals surface area contributed by atoms with Gasteiger partial charge in [-0.1, -0.05) is 5.92 Å². The van der Waals surface area contributed by atoms with Gasteiger partial charge in [-0.3, -0.25) is 4.79 Å². The van der Waals surface area contributed by atoms with Gasteiger partial charge in [0.25, 0.3) is 5.56 Å². The van der Waals surface area contributed by atoms with E-state index >= 15 is 0 Å². The summed E-state index contributed by atoms with van der Waals surface area (Å²) in [6.45, 7) is 0. The normalized spacial score (nSPS) is 8.92. The lowest BCUT2D eigenvalue weighted by Gasteiger charge is -1.93. The van der Waals surface area contributed by atoms with Crippen LogP contribution in [0, 0.1) is 12.3 Å². The van der Waals surface area contributed by atoms with Crippen LogP contribution in [0.15, 0.2) is 16.9 Å². The Hall–Kier alpha value is -2.02. The van der Waals surface area contributed by atoms with Gasteiger partial charge in [0.1, 0.15) is 5.69 Å². The second kappa shape index (κ2) is 2.93. The topological polar surface area (TPSA) is 70.2 Å². The highest BCUT2D eigenvalue weighted by Crippen LogP contribution is 1.92. The van der Waals surface area contributed by atoms with Gasteiger partial charge in [-0.25, -0.2) is 4.79 Å². The molecule has 0 amide bonds. The van der Waals surface area contributed by atoms with E-state index in [-0.39, 0.29) is 11.3 Å². The standard InChI is InChI=1S/C8H5NO3/c1-2-5-3-4-6(8(11)12)9-7(5)10/h1,3-4H,(H,9,10)(H,11,12). The van der Waals surface area contributed by atoms with E-state index in [0.717, 1.165) is 0 Å². The third-order valence-electron chi connectivity index (χ3n) is 1.30. The van der Waals surface area contributed by atoms with Gasteiger partial charge in [0.05, 0.1) is 5.56 Å². The fraction of sp³-hybridized carbons (Fsp3) is 0. The molecule has 4 nitrogen and oxygen atoms in total. The van der Waals surface area contributed by atoms with E-state index < -0.39 is 11.5 Å². The SMILES string of the molecule is C#Cc1ccc(C(=O)O)[nH]c1=O. The average molecular weight is 163 g/mol. The van der Waals surface area contributed by atoms with E-state index in [9.17, 15) is 9.59 Å². The molecule has 0 spiro atoms. The smallest absolute Gasteiger partial charge is 0.352 e. The molecular formula is C8H5NO3. The summed E-state index contributed by atoms with van der Waals surface area (Å²) in [5.74, 6) is 0.940. The van der Waals surface area contributed by atoms with Crippen molar-refractivity contribution in [1.29, 1.82) is 0 Å². The number of rotatable bonds is 1. The second-order valence-electron chi connectivity index (χ2n) is 2.06. The Kier molecular flexibility index (Phi) is 1.97. The number of pyridine rings is 1. The summed E-state index contributed by atoms with van der Waals surface area (Å²) in [7, 11) is 0. The number of terminal acetylenes is 1. The van der Waals surface area contributed by atoms with Crippen molar-refractivity contribution < 1.29 is 9.90 Å². The molecule has 1 aromatic rings. The molecule has 1 heterocycles. The summed E-state index contributed by atoms with van der Waals surface area (Å²) in [6, 6.07) is 2.54. The van der Waals surface area contributed by atoms with E-state index in [1.807, 2.05) is 0 Å². The predicted molar refractivity (Wildman–Crippen MR) is 42.0 cm³/mol. The van der Waals surface area contributed by atoms with Crippen molar-refractivity contribution in [2.24, 2.45) is 0 Å². The van der Waals surface area contributed by atoms with Crippen molar-refractivity contribution in [2.45, 2.75) is 0 Å². The zero-order chi connectivity index (χ0) is 9.14. The first kappa shape index (κ1) is 8.08. The molecule has 12 heavy (non-hydrogen) atoms. The van der Waals surface area contributed by atoms with Crippen LogP contribution < -0.4 is 5.56 Å². The number of hydrogen-bond donors (Lipinski definition) is 2. The zero-order valence-electron chi connectivity index (χ0n) is 6.00. The maximum Gasteiger partial charge on any atom is 0.352 e. The number of aromatic amines is 1. The van der Waals surface area contributed by atoms with Crippen LogP contribution in [0.5, 0.6) is 0 Å². The number of nitrogens with one attached hydrogen (secondary N) is 1. The molecule has 0 aliphatic heterocycles. The molecule has 1 aromatic heterocycles. The third kappa shape index (κ3) is 1.35. The number of hydrogen-bond acceptors (Lipinski definition) is 2. The third-order valence-corrected chi connectivity index (χ3v) is 1.30. The summed E-state index contributed by atoms with van der Waals surface area (Å²) in [4.78, 5) is 23.4. The predicted octanol–water partition coefficient (Wildman–Crippen LogP) is 0.0544. The van der Waals surface area contributed by atoms with Crippen LogP contribution in [0.25, 0.3) is 0 Å². The lowest BCUT2D eigenvalue weighted by Crippen LogP contribution is -2.14. The van der Waals surface area contributed by atoms with Crippen LogP contribution in [0.3, 0.4) is 0 Å². The van der Waals surface area contributed by atoms with Gasteiger partial charge in [0.2, 0.25) is 0 Å². The number of carboxylic acids is 1. The zero-order valence-corrected chi connectivity index (χ0v) is 6.00. The second-order valence-corrected chi connectivity index (χ2v) is 2.06. The molecule has 0 aliphatic carbocycles. The van der Waals surface area contributed by atoms with Crippen LogP contribution >= 0.6 is 0 Å².